The molecule has 12 heteroatoms. The molecular formula is C61H92O12. The number of allylic oxidation sites excluding steroid dienone is 22. The van der Waals surface area contributed by atoms with Crippen molar-refractivity contribution in [1.82, 2.24) is 0 Å². The summed E-state index contributed by atoms with van der Waals surface area (Å²) < 4.78 is 28.1. The van der Waals surface area contributed by atoms with Crippen molar-refractivity contribution in [1.29, 1.82) is 0 Å². The van der Waals surface area contributed by atoms with Crippen LogP contribution in [0.3, 0.4) is 0 Å². The molecule has 1 saturated heterocycles. The van der Waals surface area contributed by atoms with Crippen molar-refractivity contribution < 1.29 is 58.2 Å². The average molecular weight is 1020 g/mol. The Bertz CT molecular complexity index is 1780. The van der Waals surface area contributed by atoms with Gasteiger partial charge in [-0.25, -0.2) is 4.79 Å². The Morgan fingerprint density at radius 2 is 0.890 bits per heavy atom. The summed E-state index contributed by atoms with van der Waals surface area (Å²) in [6.45, 7) is 5.57. The third-order valence-electron chi connectivity index (χ3n) is 11.2. The highest BCUT2D eigenvalue weighted by atomic mass is 16.7. The average Bonchev–Trinajstić information content (AvgIpc) is 3.37. The molecule has 0 radical (unpaired) electrons. The minimum Gasteiger partial charge on any atom is -0.479 e. The molecule has 0 aromatic heterocycles. The van der Waals surface area contributed by atoms with E-state index >= 15 is 0 Å². The van der Waals surface area contributed by atoms with Crippen molar-refractivity contribution in [3.63, 3.8) is 0 Å². The van der Waals surface area contributed by atoms with Crippen LogP contribution < -0.4 is 0 Å². The molecule has 0 saturated carbocycles. The molecule has 1 aliphatic rings. The lowest BCUT2D eigenvalue weighted by Gasteiger charge is -2.40. The number of aliphatic hydroxyl groups excluding tert-OH is 2. The van der Waals surface area contributed by atoms with Crippen LogP contribution in [0.4, 0.5) is 0 Å². The van der Waals surface area contributed by atoms with Gasteiger partial charge in [-0.1, -0.05) is 187 Å². The van der Waals surface area contributed by atoms with E-state index in [0.717, 1.165) is 89.9 Å². The van der Waals surface area contributed by atoms with Crippen molar-refractivity contribution in [3.8, 4) is 0 Å². The lowest BCUT2D eigenvalue weighted by molar-refractivity contribution is -0.301. The zero-order valence-electron chi connectivity index (χ0n) is 44.6. The van der Waals surface area contributed by atoms with Crippen LogP contribution >= 0.6 is 0 Å². The van der Waals surface area contributed by atoms with Crippen LogP contribution in [-0.2, 0) is 42.9 Å². The quantitative estimate of drug-likeness (QED) is 0.0228. The number of carbonyl (C=O) groups is 4. The maximum absolute atomic E-state index is 13.1. The highest BCUT2D eigenvalue weighted by molar-refractivity contribution is 5.74. The van der Waals surface area contributed by atoms with E-state index in [1.54, 1.807) is 0 Å². The van der Waals surface area contributed by atoms with E-state index in [9.17, 15) is 34.5 Å². The Kier molecular flexibility index (Phi) is 43.2. The molecular weight excluding hydrogens is 925 g/mol. The highest BCUT2D eigenvalue weighted by Gasteiger charge is 2.50. The van der Waals surface area contributed by atoms with Gasteiger partial charge >= 0.3 is 23.9 Å². The number of rotatable bonds is 43. The Morgan fingerprint density at radius 1 is 0.466 bits per heavy atom. The van der Waals surface area contributed by atoms with Crippen LogP contribution in [0.2, 0.25) is 0 Å². The summed E-state index contributed by atoms with van der Waals surface area (Å²) in [5.74, 6) is -3.38. The number of unbranched alkanes of at least 4 members (excludes halogenated alkanes) is 7. The molecule has 0 aromatic rings. The fourth-order valence-electron chi connectivity index (χ4n) is 7.09. The smallest absolute Gasteiger partial charge is 0.335 e. The van der Waals surface area contributed by atoms with Gasteiger partial charge in [-0.05, 0) is 103 Å². The van der Waals surface area contributed by atoms with Crippen LogP contribution in [0.1, 0.15) is 175 Å². The lowest BCUT2D eigenvalue weighted by atomic mass is 9.98. The van der Waals surface area contributed by atoms with E-state index < -0.39 is 67.3 Å². The Labute approximate surface area is 439 Å². The number of carboxylic acids is 1. The number of hydrogen-bond acceptors (Lipinski definition) is 11. The molecule has 1 fully saturated rings. The van der Waals surface area contributed by atoms with Crippen LogP contribution in [0.5, 0.6) is 0 Å². The molecule has 0 amide bonds. The Morgan fingerprint density at radius 3 is 1.37 bits per heavy atom. The summed E-state index contributed by atoms with van der Waals surface area (Å²) in [5, 5.41) is 31.3. The molecule has 0 aliphatic carbocycles. The number of hydrogen-bond donors (Lipinski definition) is 3. The number of esters is 3. The monoisotopic (exact) mass is 1020 g/mol. The summed E-state index contributed by atoms with van der Waals surface area (Å²) in [7, 11) is 0. The number of carbonyl (C=O) groups excluding carboxylic acids is 3. The van der Waals surface area contributed by atoms with Crippen molar-refractivity contribution in [2.24, 2.45) is 0 Å². The van der Waals surface area contributed by atoms with Gasteiger partial charge in [0.1, 0.15) is 18.8 Å². The molecule has 6 atom stereocenters. The zero-order valence-corrected chi connectivity index (χ0v) is 44.6. The second kappa shape index (κ2) is 47.8. The first-order valence-corrected chi connectivity index (χ1v) is 27.2. The van der Waals surface area contributed by atoms with Crippen LogP contribution in [0, 0.1) is 0 Å². The molecule has 0 spiro atoms. The minimum atomic E-state index is -1.94. The van der Waals surface area contributed by atoms with Gasteiger partial charge in [-0.3, -0.25) is 14.4 Å². The first-order chi connectivity index (χ1) is 35.6. The topological polar surface area (TPSA) is 175 Å². The predicted octanol–water partition coefficient (Wildman–Crippen LogP) is 13.4. The summed E-state index contributed by atoms with van der Waals surface area (Å²) >= 11 is 0. The summed E-state index contributed by atoms with van der Waals surface area (Å²) in [6, 6.07) is 0. The van der Waals surface area contributed by atoms with E-state index in [-0.39, 0.29) is 25.9 Å². The molecule has 6 unspecified atom stereocenters. The molecule has 0 bridgehead atoms. The largest absolute Gasteiger partial charge is 0.479 e. The van der Waals surface area contributed by atoms with E-state index in [1.165, 1.54) is 12.8 Å². The third kappa shape index (κ3) is 38.2. The van der Waals surface area contributed by atoms with E-state index in [2.05, 4.69) is 124 Å². The molecule has 1 aliphatic heterocycles. The molecule has 1 heterocycles. The van der Waals surface area contributed by atoms with Gasteiger partial charge in [0.2, 0.25) is 0 Å². The second-order valence-corrected chi connectivity index (χ2v) is 17.7. The van der Waals surface area contributed by atoms with Crippen molar-refractivity contribution >= 4 is 23.9 Å². The van der Waals surface area contributed by atoms with Gasteiger partial charge in [0.25, 0.3) is 0 Å². The van der Waals surface area contributed by atoms with Gasteiger partial charge in [-0.2, -0.15) is 0 Å². The number of carboxylic acid groups (broad SMARTS) is 1. The van der Waals surface area contributed by atoms with Crippen molar-refractivity contribution in [2.45, 2.75) is 212 Å². The van der Waals surface area contributed by atoms with Crippen LogP contribution in [-0.4, -0.2) is 89.2 Å². The fraction of sp³-hybridized carbons (Fsp3) is 0.574. The van der Waals surface area contributed by atoms with Gasteiger partial charge < -0.3 is 39.0 Å². The van der Waals surface area contributed by atoms with E-state index in [4.69, 9.17) is 23.7 Å². The number of aliphatic hydroxyl groups is 2. The van der Waals surface area contributed by atoms with E-state index in [0.29, 0.717) is 32.1 Å². The fourth-order valence-corrected chi connectivity index (χ4v) is 7.09. The predicted molar refractivity (Wildman–Crippen MR) is 293 cm³/mol. The van der Waals surface area contributed by atoms with Crippen molar-refractivity contribution in [3.05, 3.63) is 134 Å². The highest BCUT2D eigenvalue weighted by Crippen LogP contribution is 2.26. The molecule has 12 nitrogen and oxygen atoms in total. The van der Waals surface area contributed by atoms with Gasteiger partial charge in [0.15, 0.2) is 24.6 Å². The minimum absolute atomic E-state index is 0.0759. The van der Waals surface area contributed by atoms with Gasteiger partial charge in [0, 0.05) is 19.3 Å². The van der Waals surface area contributed by atoms with Crippen molar-refractivity contribution in [2.75, 3.05) is 13.2 Å². The second-order valence-electron chi connectivity index (χ2n) is 17.7. The van der Waals surface area contributed by atoms with E-state index in [1.807, 2.05) is 30.4 Å². The van der Waals surface area contributed by atoms with Gasteiger partial charge in [0.05, 0.1) is 6.61 Å². The molecule has 73 heavy (non-hydrogen) atoms. The first-order valence-electron chi connectivity index (χ1n) is 27.2. The molecule has 1 rings (SSSR count). The number of ether oxygens (including phenoxy) is 5. The first kappa shape index (κ1) is 65.9. The van der Waals surface area contributed by atoms with Crippen LogP contribution in [0.15, 0.2) is 134 Å². The summed E-state index contributed by atoms with van der Waals surface area (Å²) in [6.07, 6.45) is 54.7. The zero-order chi connectivity index (χ0) is 53.3. The standard InChI is InChI=1S/C61H92O12/c1-4-7-10-13-16-19-22-24-25-26-27-28-29-31-33-35-38-41-44-47-53(62)69-50-52(71-54(63)48-45-42-39-36-32-21-18-15-12-9-6-3)51-70-61-59(57(66)56(65)58(73-61)60(67)68)72-55(64)49-46-43-40-37-34-30-23-20-17-14-11-8-5-2/h7-8,10-11,15-20,24-25,27-28,30-31,33-34,38,40-41,43,52,56-59,61,65-66H,4-6,9,12-14,21-23,26,29,32,35-37,39,42,44-51H2,1-3H3,(H,67,68)/b10-7-,11-8-,18-15-,19-16-,20-17-,25-24-,28-27-,33-31-,34-30-,41-38-,43-40-. The SMILES string of the molecule is CC/C=C\C/C=C\C/C=C\C/C=C\C/C=C\C/C=C\CCC(=O)OCC(COC1OC(C(=O)O)C(O)C(O)C1OC(=O)CC/C=C\C/C=C\C/C=C\C/C=C\CC)OC(=O)CCCCCCC/C=C\CCCC. The molecule has 3 N–H and O–H groups in total. The molecule has 0 aromatic carbocycles. The normalized spacial score (nSPS) is 19.4. The maximum atomic E-state index is 13.1. The lowest BCUT2D eigenvalue weighted by Crippen LogP contribution is -2.61. The Balaban J connectivity index is 2.80. The number of aliphatic carboxylic acids is 1. The van der Waals surface area contributed by atoms with Crippen LogP contribution in [0.25, 0.3) is 0 Å². The van der Waals surface area contributed by atoms with Gasteiger partial charge in [-0.15, -0.1) is 0 Å². The summed E-state index contributed by atoms with van der Waals surface area (Å²) in [5.41, 5.74) is 0. The maximum Gasteiger partial charge on any atom is 0.335 e. The summed E-state index contributed by atoms with van der Waals surface area (Å²) in [4.78, 5) is 50.8. The molecule has 408 valence electrons. The Hall–Kier alpha value is -5.14. The third-order valence-corrected chi connectivity index (χ3v) is 11.2.